The fraction of sp³-hybridized carbons (Fsp3) is 0.804. The molecule has 25 heteroatoms. The average molecular weight is 1150 g/mol. The molecule has 9 amide bonds. The minimum absolute atomic E-state index is 0.00956. The predicted molar refractivity (Wildman–Crippen MR) is 300 cm³/mol. The zero-order valence-electron chi connectivity index (χ0n) is 49.9. The number of hydrogen-bond acceptors (Lipinski definition) is 15. The number of aliphatic carboxylic acids is 1. The Balaban J connectivity index is 4.01. The Morgan fingerprint density at radius 3 is 1.52 bits per heavy atom. The maximum Gasteiger partial charge on any atom is 0.329 e. The average Bonchev–Trinajstić information content (AvgIpc) is 3.42. The highest BCUT2D eigenvalue weighted by Gasteiger charge is 2.41. The van der Waals surface area contributed by atoms with Crippen molar-refractivity contribution in [1.82, 2.24) is 47.9 Å². The van der Waals surface area contributed by atoms with E-state index in [0.717, 1.165) is 32.1 Å². The molecule has 1 rings (SSSR count). The molecule has 1 heterocycles. The number of carbonyl (C=O) groups excluding carboxylic acids is 10. The number of hydrogen-bond donors (Lipinski definition) is 13. The molecule has 0 radical (unpaired) electrons. The smallest absolute Gasteiger partial charge is 0.329 e. The molecule has 0 aromatic heterocycles. The lowest BCUT2D eigenvalue weighted by atomic mass is 9.96. The summed E-state index contributed by atoms with van der Waals surface area (Å²) < 4.78 is 5.85. The minimum Gasteiger partial charge on any atom is -0.481 e. The van der Waals surface area contributed by atoms with Crippen LogP contribution in [0.2, 0.25) is 0 Å². The van der Waals surface area contributed by atoms with Gasteiger partial charge < -0.3 is 73.0 Å². The van der Waals surface area contributed by atoms with Crippen LogP contribution in [-0.2, 0) is 57.5 Å². The molecule has 1 saturated heterocycles. The van der Waals surface area contributed by atoms with Crippen molar-refractivity contribution < 1.29 is 77.9 Å². The number of aliphatic hydroxyl groups excluding tert-OH is 3. The number of amides is 9. The third-order valence-corrected chi connectivity index (χ3v) is 14.2. The first-order chi connectivity index (χ1) is 38.0. The number of ether oxygens (including phenoxy) is 1. The van der Waals surface area contributed by atoms with E-state index in [1.54, 1.807) is 69.2 Å². The summed E-state index contributed by atoms with van der Waals surface area (Å²) in [5, 5.41) is 63.8. The molecule has 464 valence electrons. The van der Waals surface area contributed by atoms with E-state index in [4.69, 9.17) is 4.74 Å². The van der Waals surface area contributed by atoms with Crippen molar-refractivity contribution in [2.24, 2.45) is 29.6 Å². The Morgan fingerprint density at radius 1 is 0.556 bits per heavy atom. The van der Waals surface area contributed by atoms with E-state index >= 15 is 0 Å². The number of carboxylic acids is 1. The van der Waals surface area contributed by atoms with E-state index in [0.29, 0.717) is 12.8 Å². The third-order valence-electron chi connectivity index (χ3n) is 14.2. The van der Waals surface area contributed by atoms with Crippen molar-refractivity contribution in [2.75, 3.05) is 13.2 Å². The number of cyclic esters (lactones) is 1. The van der Waals surface area contributed by atoms with Crippen molar-refractivity contribution in [3.63, 3.8) is 0 Å². The maximum atomic E-state index is 14.8. The fourth-order valence-corrected chi connectivity index (χ4v) is 8.96. The Labute approximate surface area is 478 Å². The first kappa shape index (κ1) is 73.1. The second-order valence-corrected chi connectivity index (χ2v) is 22.9. The summed E-state index contributed by atoms with van der Waals surface area (Å²) in [5.41, 5.74) is 0. The van der Waals surface area contributed by atoms with E-state index in [1.807, 2.05) is 0 Å². The standard InChI is InChI=1S/C56H99N9O16/c1-13-16-17-18-19-20-21-36(68)27-43(69)57-38(24-30(4)5)49(73)58-37(22-23-44(70)71)48(72)65-47-35(12)81-56(80)46(34(11)15-3)64-53(77)42(29-67)62-50(74)39(25-31(6)7)59-52(76)41(28-66)61-51(75)40(26-32(8)9)60-54(78)45(33(10)14-2)63-55(47)79/h30-42,45-47,66-68H,13-29H2,1-12H3,(H,57,69)(H,58,73)(H,59,76)(H,60,78)(H,61,75)(H,62,74)(H,63,79)(H,64,77)(H,65,72)(H,70,71)/t33-,34+,35-,36-,37-,38+,39+,40+,41-,42-,45-,46+,47-/m1/s1. The van der Waals surface area contributed by atoms with Crippen LogP contribution in [0.1, 0.15) is 179 Å². The van der Waals surface area contributed by atoms with Gasteiger partial charge in [-0.2, -0.15) is 0 Å². The first-order valence-electron chi connectivity index (χ1n) is 29.1. The zero-order chi connectivity index (χ0) is 61.7. The molecule has 0 aromatic rings. The van der Waals surface area contributed by atoms with Gasteiger partial charge in [0.2, 0.25) is 53.2 Å². The van der Waals surface area contributed by atoms with Crippen molar-refractivity contribution in [3.05, 3.63) is 0 Å². The molecule has 81 heavy (non-hydrogen) atoms. The van der Waals surface area contributed by atoms with Gasteiger partial charge in [0, 0.05) is 6.42 Å². The predicted octanol–water partition coefficient (Wildman–Crippen LogP) is 0.876. The monoisotopic (exact) mass is 1150 g/mol. The number of nitrogens with one attached hydrogen (secondary N) is 9. The van der Waals surface area contributed by atoms with Gasteiger partial charge in [-0.05, 0) is 68.6 Å². The van der Waals surface area contributed by atoms with Crippen LogP contribution in [0, 0.1) is 29.6 Å². The summed E-state index contributed by atoms with van der Waals surface area (Å²) in [7, 11) is 0. The normalized spacial score (nSPS) is 24.0. The van der Waals surface area contributed by atoms with Gasteiger partial charge in [-0.3, -0.25) is 47.9 Å². The Bertz CT molecular complexity index is 2060. The van der Waals surface area contributed by atoms with Crippen molar-refractivity contribution in [1.29, 1.82) is 0 Å². The number of carboxylic acid groups (broad SMARTS) is 1. The molecule has 13 N–H and O–H groups in total. The lowest BCUT2D eigenvalue weighted by Gasteiger charge is -2.32. The van der Waals surface area contributed by atoms with Gasteiger partial charge in [-0.1, -0.05) is 128 Å². The summed E-state index contributed by atoms with van der Waals surface area (Å²) >= 11 is 0. The van der Waals surface area contributed by atoms with Gasteiger partial charge in [0.05, 0.1) is 25.7 Å². The van der Waals surface area contributed by atoms with Crippen LogP contribution in [0.4, 0.5) is 0 Å². The molecular weight excluding hydrogens is 1050 g/mol. The zero-order valence-corrected chi connectivity index (χ0v) is 49.9. The molecule has 0 bridgehead atoms. The molecule has 1 aliphatic rings. The molecule has 0 aliphatic carbocycles. The summed E-state index contributed by atoms with van der Waals surface area (Å²) in [4.78, 5) is 153. The summed E-state index contributed by atoms with van der Waals surface area (Å²) in [6.07, 6.45) is 2.51. The Hall–Kier alpha value is -5.95. The Kier molecular flexibility index (Phi) is 34.2. The summed E-state index contributed by atoms with van der Waals surface area (Å²) in [6.45, 7) is 18.5. The quantitative estimate of drug-likeness (QED) is 0.0365. The van der Waals surface area contributed by atoms with Crippen LogP contribution in [0.15, 0.2) is 0 Å². The van der Waals surface area contributed by atoms with E-state index in [9.17, 15) is 73.2 Å². The number of aliphatic hydroxyl groups is 3. The Morgan fingerprint density at radius 2 is 1.02 bits per heavy atom. The highest BCUT2D eigenvalue weighted by Crippen LogP contribution is 2.18. The van der Waals surface area contributed by atoms with E-state index < -0.39 is 170 Å². The molecule has 0 unspecified atom stereocenters. The fourth-order valence-electron chi connectivity index (χ4n) is 8.96. The second kappa shape index (κ2) is 37.9. The molecule has 25 nitrogen and oxygen atoms in total. The van der Waals surface area contributed by atoms with Crippen molar-refractivity contribution in [2.45, 2.75) is 246 Å². The lowest BCUT2D eigenvalue weighted by molar-refractivity contribution is -0.158. The molecule has 1 aliphatic heterocycles. The topological polar surface area (TPSA) is 386 Å². The SMILES string of the molecule is CCCCCCCC[C@@H](O)CC(=O)N[C@@H](CC(C)C)C(=O)N[C@H](CCC(=O)O)C(=O)N[C@H]1C(=O)N[C@H]([C@H](C)CC)C(=O)N[C@@H](CC(C)C)C(=O)N[C@H](CO)C(=O)N[C@@H](CC(C)C)C(=O)N[C@H](CO)C(=O)N[C@@H]([C@@H](C)CC)C(=O)O[C@@H]1C. The highest BCUT2D eigenvalue weighted by atomic mass is 16.5. The second-order valence-electron chi connectivity index (χ2n) is 22.9. The van der Waals surface area contributed by atoms with Crippen LogP contribution in [0.3, 0.4) is 0 Å². The van der Waals surface area contributed by atoms with E-state index in [1.165, 1.54) is 6.92 Å². The molecule has 1 fully saturated rings. The third kappa shape index (κ3) is 27.1. The molecule has 0 aromatic carbocycles. The van der Waals surface area contributed by atoms with Gasteiger partial charge in [0.15, 0.2) is 0 Å². The lowest BCUT2D eigenvalue weighted by Crippen LogP contribution is -2.64. The van der Waals surface area contributed by atoms with Gasteiger partial charge in [-0.15, -0.1) is 0 Å². The first-order valence-corrected chi connectivity index (χ1v) is 29.1. The van der Waals surface area contributed by atoms with Gasteiger partial charge >= 0.3 is 11.9 Å². The molecule has 0 spiro atoms. The number of carbonyl (C=O) groups is 11. The van der Waals surface area contributed by atoms with Crippen LogP contribution in [-0.4, -0.2) is 165 Å². The minimum atomic E-state index is -1.95. The number of rotatable bonds is 29. The van der Waals surface area contributed by atoms with Crippen LogP contribution in [0.25, 0.3) is 0 Å². The number of esters is 1. The molecular formula is C56H99N9O16. The van der Waals surface area contributed by atoms with Crippen molar-refractivity contribution >= 4 is 65.1 Å². The molecule has 0 saturated carbocycles. The maximum absolute atomic E-state index is 14.8. The molecule has 13 atom stereocenters. The van der Waals surface area contributed by atoms with Crippen molar-refractivity contribution in [3.8, 4) is 0 Å². The summed E-state index contributed by atoms with van der Waals surface area (Å²) in [5.74, 6) is -13.3. The number of unbranched alkanes of at least 4 members (excludes halogenated alkanes) is 5. The van der Waals surface area contributed by atoms with E-state index in [2.05, 4.69) is 54.8 Å². The van der Waals surface area contributed by atoms with Gasteiger partial charge in [0.1, 0.15) is 60.5 Å². The summed E-state index contributed by atoms with van der Waals surface area (Å²) in [6, 6.07) is -14.1. The largest absolute Gasteiger partial charge is 0.481 e. The van der Waals surface area contributed by atoms with Crippen LogP contribution >= 0.6 is 0 Å². The van der Waals surface area contributed by atoms with Gasteiger partial charge in [-0.25, -0.2) is 4.79 Å². The van der Waals surface area contributed by atoms with Gasteiger partial charge in [0.25, 0.3) is 0 Å². The van der Waals surface area contributed by atoms with E-state index in [-0.39, 0.29) is 56.3 Å². The van der Waals surface area contributed by atoms with Crippen LogP contribution in [0.5, 0.6) is 0 Å². The van der Waals surface area contributed by atoms with Crippen LogP contribution < -0.4 is 47.9 Å². The highest BCUT2D eigenvalue weighted by molar-refractivity contribution is 5.99.